The molecule has 42 heavy (non-hydrogen) atoms. The molecule has 4 aliphatic heterocycles. The SMILES string of the molecule is CCN(CC)c1ccc(N2CC=C[C@]34O[C@@]5(CC)C=CCN(C)C(=O)[C@H]5[C@H]3C(=O)N([C@@H](CO)CC(C)C)C4C2=O)cc1. The first-order valence-electron chi connectivity index (χ1n) is 15.5. The van der Waals surface area contributed by atoms with Gasteiger partial charge in [0, 0.05) is 44.6 Å². The first kappa shape index (κ1) is 30.3. The van der Waals surface area contributed by atoms with Crippen molar-refractivity contribution in [3.63, 3.8) is 0 Å². The highest BCUT2D eigenvalue weighted by molar-refractivity contribution is 6.06. The van der Waals surface area contributed by atoms with Crippen molar-refractivity contribution in [2.75, 3.05) is 49.6 Å². The van der Waals surface area contributed by atoms with E-state index in [1.807, 2.05) is 69.3 Å². The van der Waals surface area contributed by atoms with E-state index in [-0.39, 0.29) is 30.2 Å². The van der Waals surface area contributed by atoms with E-state index in [1.165, 1.54) is 0 Å². The summed E-state index contributed by atoms with van der Waals surface area (Å²) in [5, 5.41) is 10.6. The van der Waals surface area contributed by atoms with Crippen LogP contribution in [0, 0.1) is 17.8 Å². The summed E-state index contributed by atoms with van der Waals surface area (Å²) in [6.07, 6.45) is 8.65. The lowest BCUT2D eigenvalue weighted by atomic mass is 9.73. The first-order valence-corrected chi connectivity index (χ1v) is 15.5. The molecule has 5 rings (SSSR count). The van der Waals surface area contributed by atoms with E-state index in [0.29, 0.717) is 25.9 Å². The van der Waals surface area contributed by atoms with Crippen LogP contribution in [0.5, 0.6) is 0 Å². The number of fused-ring (bicyclic) bond motifs is 2. The molecule has 1 aromatic rings. The second-order valence-corrected chi connectivity index (χ2v) is 12.5. The molecule has 0 radical (unpaired) electrons. The number of carbonyl (C=O) groups is 3. The number of likely N-dealkylation sites (tertiary alicyclic amines) is 1. The summed E-state index contributed by atoms with van der Waals surface area (Å²) < 4.78 is 7.01. The third-order valence-electron chi connectivity index (χ3n) is 9.72. The van der Waals surface area contributed by atoms with E-state index in [0.717, 1.165) is 24.5 Å². The maximum absolute atomic E-state index is 14.8. The Morgan fingerprint density at radius 2 is 1.62 bits per heavy atom. The predicted octanol–water partition coefficient (Wildman–Crippen LogP) is 3.23. The summed E-state index contributed by atoms with van der Waals surface area (Å²) in [6.45, 7) is 12.5. The molecule has 0 bridgehead atoms. The smallest absolute Gasteiger partial charge is 0.253 e. The van der Waals surface area contributed by atoms with E-state index >= 15 is 0 Å². The maximum Gasteiger partial charge on any atom is 0.253 e. The van der Waals surface area contributed by atoms with Gasteiger partial charge in [-0.25, -0.2) is 0 Å². The van der Waals surface area contributed by atoms with Gasteiger partial charge in [-0.1, -0.05) is 45.1 Å². The van der Waals surface area contributed by atoms with Gasteiger partial charge in [-0.05, 0) is 56.9 Å². The lowest BCUT2D eigenvalue weighted by molar-refractivity contribution is -0.152. The van der Waals surface area contributed by atoms with Gasteiger partial charge < -0.3 is 29.4 Å². The predicted molar refractivity (Wildman–Crippen MR) is 163 cm³/mol. The molecule has 1 unspecified atom stereocenters. The van der Waals surface area contributed by atoms with Gasteiger partial charge in [-0.15, -0.1) is 0 Å². The van der Waals surface area contributed by atoms with Gasteiger partial charge in [0.25, 0.3) is 5.91 Å². The van der Waals surface area contributed by atoms with Gasteiger partial charge in [0.05, 0.1) is 30.1 Å². The van der Waals surface area contributed by atoms with Crippen molar-refractivity contribution >= 4 is 29.1 Å². The molecular weight excluding hydrogens is 532 g/mol. The molecule has 4 heterocycles. The second-order valence-electron chi connectivity index (χ2n) is 12.5. The maximum atomic E-state index is 14.8. The minimum absolute atomic E-state index is 0.156. The lowest BCUT2D eigenvalue weighted by Crippen LogP contribution is -2.59. The number of aliphatic hydroxyl groups is 1. The number of hydrogen-bond donors (Lipinski definition) is 1. The van der Waals surface area contributed by atoms with Crippen LogP contribution < -0.4 is 9.80 Å². The number of ether oxygens (including phenoxy) is 1. The van der Waals surface area contributed by atoms with Crippen LogP contribution >= 0.6 is 0 Å². The summed E-state index contributed by atoms with van der Waals surface area (Å²) in [4.78, 5) is 50.5. The quantitative estimate of drug-likeness (QED) is 0.453. The van der Waals surface area contributed by atoms with Crippen LogP contribution in [0.2, 0.25) is 0 Å². The van der Waals surface area contributed by atoms with Crippen molar-refractivity contribution in [1.82, 2.24) is 9.80 Å². The topological polar surface area (TPSA) is 93.6 Å². The number of amides is 3. The number of rotatable bonds is 9. The number of benzene rings is 1. The molecule has 6 atom stereocenters. The minimum Gasteiger partial charge on any atom is -0.394 e. The van der Waals surface area contributed by atoms with Gasteiger partial charge in [0.1, 0.15) is 11.6 Å². The molecule has 9 nitrogen and oxygen atoms in total. The summed E-state index contributed by atoms with van der Waals surface area (Å²) >= 11 is 0. The number of carbonyl (C=O) groups excluding carboxylic acids is 3. The molecule has 228 valence electrons. The highest BCUT2D eigenvalue weighted by Gasteiger charge is 2.75. The average Bonchev–Trinajstić information content (AvgIpc) is 3.28. The molecule has 9 heteroatoms. The van der Waals surface area contributed by atoms with Crippen molar-refractivity contribution in [1.29, 1.82) is 0 Å². The van der Waals surface area contributed by atoms with Crippen molar-refractivity contribution in [3.8, 4) is 0 Å². The number of likely N-dealkylation sites (N-methyl/N-ethyl adjacent to an activating group) is 1. The van der Waals surface area contributed by atoms with Crippen molar-refractivity contribution in [2.45, 2.75) is 70.7 Å². The van der Waals surface area contributed by atoms with E-state index in [1.54, 1.807) is 21.7 Å². The number of nitrogens with zero attached hydrogens (tertiary/aromatic N) is 4. The Morgan fingerprint density at radius 1 is 0.952 bits per heavy atom. The zero-order valence-corrected chi connectivity index (χ0v) is 25.8. The van der Waals surface area contributed by atoms with Crippen LogP contribution in [0.15, 0.2) is 48.6 Å². The van der Waals surface area contributed by atoms with Crippen molar-refractivity contribution < 1.29 is 24.2 Å². The van der Waals surface area contributed by atoms with Crippen LogP contribution in [0.3, 0.4) is 0 Å². The standard InChI is InChI=1S/C33H46N4O5/c1-7-32-16-10-18-34(6)29(39)26(32)27-30(40)37(25(21-38)20-22(4)5)28-31(41)36(19-11-17-33(27,28)42-32)24-14-12-23(13-15-24)35(8-2)9-3/h10-17,22,25-28,38H,7-9,18-21H2,1-6H3/t25-,26-,27+,28?,32+,33+/m1/s1. The van der Waals surface area contributed by atoms with E-state index in [2.05, 4.69) is 18.7 Å². The number of hydrogen-bond acceptors (Lipinski definition) is 6. The first-order chi connectivity index (χ1) is 20.1. The van der Waals surface area contributed by atoms with Crippen LogP contribution in [-0.2, 0) is 19.1 Å². The Morgan fingerprint density at radius 3 is 2.21 bits per heavy atom. The van der Waals surface area contributed by atoms with Crippen LogP contribution in [0.4, 0.5) is 11.4 Å². The Kier molecular flexibility index (Phi) is 8.29. The third kappa shape index (κ3) is 4.56. The third-order valence-corrected chi connectivity index (χ3v) is 9.72. The molecular formula is C33H46N4O5. The van der Waals surface area contributed by atoms with Gasteiger partial charge >= 0.3 is 0 Å². The Bertz CT molecular complexity index is 1260. The molecule has 2 fully saturated rings. The molecule has 1 aromatic carbocycles. The molecule has 1 spiro atoms. The van der Waals surface area contributed by atoms with Crippen LogP contribution in [-0.4, -0.2) is 95.7 Å². The average molecular weight is 579 g/mol. The Hall–Kier alpha value is -3.17. The van der Waals surface area contributed by atoms with Gasteiger partial charge in [0.15, 0.2) is 0 Å². The monoisotopic (exact) mass is 578 g/mol. The molecule has 1 N–H and O–H groups in total. The van der Waals surface area contributed by atoms with Crippen molar-refractivity contribution in [2.24, 2.45) is 17.8 Å². The fourth-order valence-corrected chi connectivity index (χ4v) is 7.70. The zero-order valence-electron chi connectivity index (χ0n) is 25.8. The Labute approximate surface area is 249 Å². The van der Waals surface area contributed by atoms with E-state index in [9.17, 15) is 19.5 Å². The van der Waals surface area contributed by atoms with E-state index < -0.39 is 35.1 Å². The summed E-state index contributed by atoms with van der Waals surface area (Å²) in [6, 6.07) is 6.33. The molecule has 3 amide bonds. The minimum atomic E-state index is -1.34. The lowest BCUT2D eigenvalue weighted by Gasteiger charge is -2.41. The Balaban J connectivity index is 1.64. The fraction of sp³-hybridized carbons (Fsp3) is 0.606. The second kappa shape index (κ2) is 11.5. The molecule has 4 aliphatic rings. The zero-order chi connectivity index (χ0) is 30.4. The normalized spacial score (nSPS) is 31.3. The van der Waals surface area contributed by atoms with Crippen LogP contribution in [0.25, 0.3) is 0 Å². The van der Waals surface area contributed by atoms with E-state index in [4.69, 9.17) is 4.74 Å². The van der Waals surface area contributed by atoms with Gasteiger partial charge in [0.2, 0.25) is 11.8 Å². The highest BCUT2D eigenvalue weighted by atomic mass is 16.5. The van der Waals surface area contributed by atoms with Crippen molar-refractivity contribution in [3.05, 3.63) is 48.6 Å². The largest absolute Gasteiger partial charge is 0.394 e. The highest BCUT2D eigenvalue weighted by Crippen LogP contribution is 2.59. The molecule has 0 aliphatic carbocycles. The summed E-state index contributed by atoms with van der Waals surface area (Å²) in [7, 11) is 1.74. The number of anilines is 2. The fourth-order valence-electron chi connectivity index (χ4n) is 7.70. The molecule has 0 aromatic heterocycles. The summed E-state index contributed by atoms with van der Waals surface area (Å²) in [5.74, 6) is -2.20. The van der Waals surface area contributed by atoms with Crippen LogP contribution in [0.1, 0.15) is 47.5 Å². The van der Waals surface area contributed by atoms with Gasteiger partial charge in [-0.3, -0.25) is 14.4 Å². The number of aliphatic hydroxyl groups excluding tert-OH is 1. The molecule has 2 saturated heterocycles. The summed E-state index contributed by atoms with van der Waals surface area (Å²) in [5.41, 5.74) is -0.546. The van der Waals surface area contributed by atoms with Gasteiger partial charge in [-0.2, -0.15) is 0 Å². The molecule has 0 saturated carbocycles.